The van der Waals surface area contributed by atoms with Gasteiger partial charge < -0.3 is 5.21 Å². The maximum absolute atomic E-state index is 11.2. The number of nitrogens with zero attached hydrogens (tertiary/aromatic N) is 1. The Balaban J connectivity index is 0.000000337. The predicted molar refractivity (Wildman–Crippen MR) is 52.7 cm³/mol. The van der Waals surface area contributed by atoms with Gasteiger partial charge in [0.05, 0.1) is 0 Å². The lowest BCUT2D eigenvalue weighted by Gasteiger charge is -2.00. The van der Waals surface area contributed by atoms with Gasteiger partial charge in [-0.2, -0.15) is 14.3 Å². The van der Waals surface area contributed by atoms with Crippen molar-refractivity contribution in [2.24, 2.45) is 0 Å². The third-order valence-electron chi connectivity index (χ3n) is 1.92. The second kappa shape index (κ2) is 4.88. The molecule has 0 saturated heterocycles. The number of fused-ring (bicyclic) bond motifs is 1. The molecule has 0 aliphatic rings. The van der Waals surface area contributed by atoms with Gasteiger partial charge in [-0.05, 0) is 19.1 Å². The molecule has 2 aromatic rings. The summed E-state index contributed by atoms with van der Waals surface area (Å²) in [4.78, 5) is 16.2. The van der Waals surface area contributed by atoms with E-state index in [1.54, 1.807) is 6.07 Å². The highest BCUT2D eigenvalue weighted by atomic mass is 16.5. The van der Waals surface area contributed by atoms with Crippen molar-refractivity contribution in [3.63, 3.8) is 0 Å². The Hall–Kier alpha value is -2.19. The van der Waals surface area contributed by atoms with Crippen molar-refractivity contribution >= 4 is 17.1 Å². The van der Waals surface area contributed by atoms with E-state index in [4.69, 9.17) is 9.59 Å². The van der Waals surface area contributed by atoms with Crippen LogP contribution in [-0.2, 0) is 9.59 Å². The fraction of sp³-hybridized carbons (Fsp3) is 0.0909. The number of benzene rings is 1. The number of aromatic nitrogens is 1. The molecule has 0 N–H and O–H groups in total. The molecule has 0 aliphatic carbocycles. The predicted octanol–water partition coefficient (Wildman–Crippen LogP) is 1.20. The molecule has 1 heterocycles. The number of hydrogen-bond acceptors (Lipinski definition) is 3. The Labute approximate surface area is 86.3 Å². The van der Waals surface area contributed by atoms with Gasteiger partial charge in [0.15, 0.2) is 6.20 Å². The largest absolute Gasteiger partial charge is 0.618 e. The van der Waals surface area contributed by atoms with Crippen molar-refractivity contribution in [2.45, 2.75) is 6.92 Å². The first-order chi connectivity index (χ1) is 7.19. The van der Waals surface area contributed by atoms with Crippen LogP contribution in [0.15, 0.2) is 36.5 Å². The van der Waals surface area contributed by atoms with Crippen LogP contribution in [0.3, 0.4) is 0 Å². The fourth-order valence-corrected chi connectivity index (χ4v) is 1.31. The van der Waals surface area contributed by atoms with Crippen molar-refractivity contribution in [3.8, 4) is 0 Å². The van der Waals surface area contributed by atoms with E-state index in [0.29, 0.717) is 0 Å². The summed E-state index contributed by atoms with van der Waals surface area (Å²) in [5.74, 6) is 0. The van der Waals surface area contributed by atoms with Gasteiger partial charge in [-0.25, -0.2) is 0 Å². The second-order valence-corrected chi connectivity index (χ2v) is 2.98. The first-order valence-corrected chi connectivity index (χ1v) is 4.27. The van der Waals surface area contributed by atoms with E-state index in [9.17, 15) is 5.21 Å². The zero-order valence-corrected chi connectivity index (χ0v) is 8.14. The molecule has 4 heteroatoms. The minimum absolute atomic E-state index is 0.250. The van der Waals surface area contributed by atoms with Crippen LogP contribution in [-0.4, -0.2) is 6.15 Å². The summed E-state index contributed by atoms with van der Waals surface area (Å²) >= 11 is 0. The SMILES string of the molecule is Cc1ccc2c(ccc[n+]2[O-])c1.O=C=O. The van der Waals surface area contributed by atoms with Gasteiger partial charge >= 0.3 is 6.15 Å². The summed E-state index contributed by atoms with van der Waals surface area (Å²) in [5, 5.41) is 12.2. The summed E-state index contributed by atoms with van der Waals surface area (Å²) < 4.78 is 0.884. The van der Waals surface area contributed by atoms with Crippen LogP contribution in [0.4, 0.5) is 0 Å². The van der Waals surface area contributed by atoms with Crippen molar-refractivity contribution in [1.29, 1.82) is 0 Å². The lowest BCUT2D eigenvalue weighted by molar-refractivity contribution is -0.577. The molecule has 0 radical (unpaired) electrons. The molecule has 0 bridgehead atoms. The maximum Gasteiger partial charge on any atom is 0.373 e. The lowest BCUT2D eigenvalue weighted by atomic mass is 10.1. The Kier molecular flexibility index (Phi) is 3.55. The fourth-order valence-electron chi connectivity index (χ4n) is 1.31. The maximum atomic E-state index is 11.2. The van der Waals surface area contributed by atoms with Crippen LogP contribution in [0.25, 0.3) is 10.9 Å². The number of aryl methyl sites for hydroxylation is 1. The van der Waals surface area contributed by atoms with Crippen molar-refractivity contribution in [2.75, 3.05) is 0 Å². The zero-order valence-electron chi connectivity index (χ0n) is 8.14. The van der Waals surface area contributed by atoms with Crippen LogP contribution in [0.2, 0.25) is 0 Å². The van der Waals surface area contributed by atoms with E-state index in [1.807, 2.05) is 31.2 Å². The summed E-state index contributed by atoms with van der Waals surface area (Å²) in [6.45, 7) is 2.02. The topological polar surface area (TPSA) is 61.1 Å². The van der Waals surface area contributed by atoms with Crippen LogP contribution < -0.4 is 4.73 Å². The average molecular weight is 203 g/mol. The summed E-state index contributed by atoms with van der Waals surface area (Å²) in [6, 6.07) is 9.49. The minimum Gasteiger partial charge on any atom is -0.618 e. The summed E-state index contributed by atoms with van der Waals surface area (Å²) in [6.07, 6.45) is 1.76. The number of pyridine rings is 1. The first kappa shape index (κ1) is 10.9. The van der Waals surface area contributed by atoms with Crippen LogP contribution >= 0.6 is 0 Å². The molecule has 0 unspecified atom stereocenters. The molecule has 4 nitrogen and oxygen atoms in total. The van der Waals surface area contributed by atoms with Crippen molar-refractivity contribution in [1.82, 2.24) is 0 Å². The quantitative estimate of drug-likeness (QED) is 0.477. The minimum atomic E-state index is 0.250. The van der Waals surface area contributed by atoms with E-state index in [2.05, 4.69) is 0 Å². The summed E-state index contributed by atoms with van der Waals surface area (Å²) in [7, 11) is 0. The number of rotatable bonds is 0. The van der Waals surface area contributed by atoms with Gasteiger partial charge in [0.2, 0.25) is 5.52 Å². The highest BCUT2D eigenvalue weighted by Gasteiger charge is 2.00. The van der Waals surface area contributed by atoms with E-state index in [1.165, 1.54) is 11.8 Å². The normalized spacial score (nSPS) is 8.87. The highest BCUT2D eigenvalue weighted by Crippen LogP contribution is 2.10. The van der Waals surface area contributed by atoms with Gasteiger partial charge in [0, 0.05) is 17.5 Å². The van der Waals surface area contributed by atoms with Gasteiger partial charge in [-0.15, -0.1) is 0 Å². The Morgan fingerprint density at radius 1 is 1.27 bits per heavy atom. The van der Waals surface area contributed by atoms with Crippen LogP contribution in [0.1, 0.15) is 5.56 Å². The monoisotopic (exact) mass is 203 g/mol. The lowest BCUT2D eigenvalue weighted by Crippen LogP contribution is -2.25. The van der Waals surface area contributed by atoms with Gasteiger partial charge in [0.25, 0.3) is 0 Å². The third-order valence-corrected chi connectivity index (χ3v) is 1.92. The molecular formula is C11H9NO3. The van der Waals surface area contributed by atoms with Gasteiger partial charge in [0.1, 0.15) is 0 Å². The van der Waals surface area contributed by atoms with E-state index in [-0.39, 0.29) is 6.15 Å². The van der Waals surface area contributed by atoms with E-state index >= 15 is 0 Å². The zero-order chi connectivity index (χ0) is 11.3. The molecule has 0 spiro atoms. The second-order valence-electron chi connectivity index (χ2n) is 2.98. The smallest absolute Gasteiger partial charge is 0.373 e. The van der Waals surface area contributed by atoms with Crippen molar-refractivity contribution < 1.29 is 14.3 Å². The van der Waals surface area contributed by atoms with E-state index < -0.39 is 0 Å². The third kappa shape index (κ3) is 2.62. The number of carbonyl (C=O) groups excluding carboxylic acids is 2. The molecular weight excluding hydrogens is 194 g/mol. The molecule has 76 valence electrons. The van der Waals surface area contributed by atoms with Crippen molar-refractivity contribution in [3.05, 3.63) is 47.3 Å². The standard InChI is InChI=1S/C10H9NO.CO2/c1-8-4-5-10-9(7-8)3-2-6-11(10)12;2-1-3/h2-7H,1H3;. The Morgan fingerprint density at radius 3 is 2.60 bits per heavy atom. The molecule has 1 aromatic carbocycles. The molecule has 1 aromatic heterocycles. The van der Waals surface area contributed by atoms with Gasteiger partial charge in [-0.3, -0.25) is 0 Å². The Bertz CT molecular complexity index is 502. The molecule has 0 aliphatic heterocycles. The molecule has 15 heavy (non-hydrogen) atoms. The highest BCUT2D eigenvalue weighted by molar-refractivity contribution is 5.76. The molecule has 0 fully saturated rings. The van der Waals surface area contributed by atoms with Gasteiger partial charge in [-0.1, -0.05) is 11.6 Å². The molecule has 0 saturated carbocycles. The Morgan fingerprint density at radius 2 is 1.93 bits per heavy atom. The summed E-state index contributed by atoms with van der Waals surface area (Å²) in [5.41, 5.74) is 1.90. The number of hydrogen-bond donors (Lipinski definition) is 0. The molecule has 0 amide bonds. The van der Waals surface area contributed by atoms with E-state index in [0.717, 1.165) is 15.6 Å². The molecule has 2 rings (SSSR count). The van der Waals surface area contributed by atoms with Crippen LogP contribution in [0, 0.1) is 12.1 Å². The average Bonchev–Trinajstić information content (AvgIpc) is 2.19. The molecule has 0 atom stereocenters. The first-order valence-electron chi connectivity index (χ1n) is 4.27. The van der Waals surface area contributed by atoms with Crippen LogP contribution in [0.5, 0.6) is 0 Å².